The number of ether oxygens (including phenoxy) is 1. The fourth-order valence-corrected chi connectivity index (χ4v) is 0.377. The van der Waals surface area contributed by atoms with Gasteiger partial charge in [-0.2, -0.15) is 0 Å². The zero-order valence-corrected chi connectivity index (χ0v) is 5.34. The largest absolute Gasteiger partial charge is 0.357 e. The maximum atomic E-state index is 5.02. The Bertz CT molecular complexity index is 122. The monoisotopic (exact) mass is 122 g/mol. The summed E-state index contributed by atoms with van der Waals surface area (Å²) in [6.07, 6.45) is 8.12. The van der Waals surface area contributed by atoms with Gasteiger partial charge in [-0.15, -0.1) is 19.6 Å². The average Bonchev–Trinajstić information content (AvgIpc) is 1.91. The summed E-state index contributed by atoms with van der Waals surface area (Å²) in [5.74, 6) is 2.35. The third-order valence-electron chi connectivity index (χ3n) is 0.824. The van der Waals surface area contributed by atoms with Crippen molar-refractivity contribution in [3.8, 4) is 12.3 Å². The molecule has 0 aliphatic heterocycles. The van der Waals surface area contributed by atoms with Crippen molar-refractivity contribution in [2.24, 2.45) is 0 Å². The molecule has 9 heavy (non-hydrogen) atoms. The topological polar surface area (TPSA) is 9.23 Å². The van der Waals surface area contributed by atoms with Crippen LogP contribution in [-0.2, 0) is 4.74 Å². The van der Waals surface area contributed by atoms with Crippen molar-refractivity contribution in [2.45, 2.75) is 6.10 Å². The molecule has 0 aromatic carbocycles. The highest BCUT2D eigenvalue weighted by atomic mass is 16.5. The van der Waals surface area contributed by atoms with E-state index in [4.69, 9.17) is 11.2 Å². The van der Waals surface area contributed by atoms with Gasteiger partial charge in [-0.3, -0.25) is 0 Å². The van der Waals surface area contributed by atoms with E-state index in [9.17, 15) is 0 Å². The molecule has 0 heterocycles. The van der Waals surface area contributed by atoms with Crippen LogP contribution in [0.3, 0.4) is 0 Å². The van der Waals surface area contributed by atoms with Gasteiger partial charge in [0.05, 0.1) is 6.10 Å². The third-order valence-corrected chi connectivity index (χ3v) is 0.824. The Morgan fingerprint density at radius 1 is 1.56 bits per heavy atom. The second kappa shape index (κ2) is 5.14. The van der Waals surface area contributed by atoms with E-state index in [1.807, 2.05) is 0 Å². The van der Waals surface area contributed by atoms with Gasteiger partial charge in [-0.05, 0) is 0 Å². The zero-order chi connectivity index (χ0) is 7.11. The predicted molar refractivity (Wildman–Crippen MR) is 39.0 cm³/mol. The summed E-state index contributed by atoms with van der Waals surface area (Å²) in [5, 5.41) is 0. The molecule has 0 fully saturated rings. The molecule has 0 aliphatic rings. The molecule has 0 N–H and O–H groups in total. The molecular weight excluding hydrogens is 112 g/mol. The molecule has 0 aromatic heterocycles. The van der Waals surface area contributed by atoms with Gasteiger partial charge in [0.25, 0.3) is 0 Å². The predicted octanol–water partition coefficient (Wildman–Crippen LogP) is 1.38. The number of hydrogen-bond donors (Lipinski definition) is 0. The van der Waals surface area contributed by atoms with Crippen LogP contribution < -0.4 is 0 Å². The molecule has 0 bridgehead atoms. The number of rotatable bonds is 4. The lowest BCUT2D eigenvalue weighted by atomic mass is 10.3. The second-order valence-corrected chi connectivity index (χ2v) is 1.45. The van der Waals surface area contributed by atoms with Crippen molar-refractivity contribution in [1.29, 1.82) is 0 Å². The zero-order valence-electron chi connectivity index (χ0n) is 5.34. The molecule has 0 radical (unpaired) electrons. The number of terminal acetylenes is 1. The SMILES string of the molecule is C#CCOC(C=C)C=C. The first-order chi connectivity index (χ1) is 4.35. The van der Waals surface area contributed by atoms with Crippen LogP contribution in [0.2, 0.25) is 0 Å². The Hall–Kier alpha value is -1.00. The minimum Gasteiger partial charge on any atom is -0.357 e. The molecule has 0 aliphatic carbocycles. The van der Waals surface area contributed by atoms with Gasteiger partial charge in [0.15, 0.2) is 0 Å². The molecule has 0 atom stereocenters. The molecule has 0 saturated carbocycles. The average molecular weight is 122 g/mol. The smallest absolute Gasteiger partial charge is 0.108 e. The standard InChI is InChI=1S/C8H10O/c1-4-7-9-8(5-2)6-3/h1,5-6,8H,2-3,7H2. The molecular formula is C8H10O. The Morgan fingerprint density at radius 2 is 2.11 bits per heavy atom. The van der Waals surface area contributed by atoms with E-state index in [1.165, 1.54) is 0 Å². The molecule has 1 nitrogen and oxygen atoms in total. The van der Waals surface area contributed by atoms with E-state index in [2.05, 4.69) is 19.1 Å². The molecule has 0 rings (SSSR count). The summed E-state index contributed by atoms with van der Waals surface area (Å²) in [5.41, 5.74) is 0. The van der Waals surface area contributed by atoms with Gasteiger partial charge in [-0.1, -0.05) is 18.1 Å². The van der Waals surface area contributed by atoms with Crippen molar-refractivity contribution < 1.29 is 4.74 Å². The summed E-state index contributed by atoms with van der Waals surface area (Å²) in [6, 6.07) is 0. The van der Waals surface area contributed by atoms with Crippen LogP contribution in [0.25, 0.3) is 0 Å². The van der Waals surface area contributed by atoms with E-state index in [0.717, 1.165) is 0 Å². The van der Waals surface area contributed by atoms with Gasteiger partial charge in [0, 0.05) is 0 Å². The van der Waals surface area contributed by atoms with E-state index >= 15 is 0 Å². The van der Waals surface area contributed by atoms with Crippen molar-refractivity contribution in [3.63, 3.8) is 0 Å². The van der Waals surface area contributed by atoms with Crippen molar-refractivity contribution in [1.82, 2.24) is 0 Å². The van der Waals surface area contributed by atoms with Crippen LogP contribution in [-0.4, -0.2) is 12.7 Å². The Balaban J connectivity index is 3.45. The van der Waals surface area contributed by atoms with Crippen molar-refractivity contribution in [3.05, 3.63) is 25.3 Å². The fourth-order valence-electron chi connectivity index (χ4n) is 0.377. The molecule has 48 valence electrons. The highest BCUT2D eigenvalue weighted by molar-refractivity contribution is 4.95. The first-order valence-electron chi connectivity index (χ1n) is 2.65. The minimum absolute atomic E-state index is 0.110. The van der Waals surface area contributed by atoms with Crippen LogP contribution in [0.15, 0.2) is 25.3 Å². The summed E-state index contributed by atoms with van der Waals surface area (Å²) >= 11 is 0. The van der Waals surface area contributed by atoms with Crippen molar-refractivity contribution >= 4 is 0 Å². The Kier molecular flexibility index (Phi) is 4.57. The summed E-state index contributed by atoms with van der Waals surface area (Å²) < 4.78 is 5.02. The molecule has 0 unspecified atom stereocenters. The van der Waals surface area contributed by atoms with Gasteiger partial charge in [0.2, 0.25) is 0 Å². The molecule has 0 amide bonds. The van der Waals surface area contributed by atoms with E-state index < -0.39 is 0 Å². The summed E-state index contributed by atoms with van der Waals surface area (Å²) in [7, 11) is 0. The first kappa shape index (κ1) is 8.00. The lowest BCUT2D eigenvalue weighted by Crippen LogP contribution is -2.04. The van der Waals surface area contributed by atoms with Gasteiger partial charge in [0.1, 0.15) is 6.61 Å². The quantitative estimate of drug-likeness (QED) is 0.404. The van der Waals surface area contributed by atoms with Gasteiger partial charge < -0.3 is 4.74 Å². The summed E-state index contributed by atoms with van der Waals surface area (Å²) in [4.78, 5) is 0. The maximum Gasteiger partial charge on any atom is 0.108 e. The number of hydrogen-bond acceptors (Lipinski definition) is 1. The Morgan fingerprint density at radius 3 is 2.44 bits per heavy atom. The first-order valence-corrected chi connectivity index (χ1v) is 2.65. The molecule has 0 spiro atoms. The van der Waals surface area contributed by atoms with Crippen molar-refractivity contribution in [2.75, 3.05) is 6.61 Å². The molecule has 0 aromatic rings. The minimum atomic E-state index is -0.110. The van der Waals surface area contributed by atoms with Crippen LogP contribution in [0, 0.1) is 12.3 Å². The van der Waals surface area contributed by atoms with E-state index in [-0.39, 0.29) is 6.10 Å². The van der Waals surface area contributed by atoms with E-state index in [1.54, 1.807) is 12.2 Å². The Labute approximate surface area is 56.0 Å². The highest BCUT2D eigenvalue weighted by Gasteiger charge is 1.92. The molecule has 0 saturated heterocycles. The summed E-state index contributed by atoms with van der Waals surface area (Å²) in [6.45, 7) is 7.35. The van der Waals surface area contributed by atoms with Gasteiger partial charge >= 0.3 is 0 Å². The van der Waals surface area contributed by atoms with E-state index in [0.29, 0.717) is 6.61 Å². The normalized spacial score (nSPS) is 8.44. The molecule has 1 heteroatoms. The maximum absolute atomic E-state index is 5.02. The van der Waals surface area contributed by atoms with Crippen LogP contribution in [0.5, 0.6) is 0 Å². The van der Waals surface area contributed by atoms with Gasteiger partial charge in [-0.25, -0.2) is 0 Å². The van der Waals surface area contributed by atoms with Crippen LogP contribution >= 0.6 is 0 Å². The third kappa shape index (κ3) is 3.57. The van der Waals surface area contributed by atoms with Crippen LogP contribution in [0.4, 0.5) is 0 Å². The lowest BCUT2D eigenvalue weighted by molar-refractivity contribution is 0.147. The highest BCUT2D eigenvalue weighted by Crippen LogP contribution is 1.91. The van der Waals surface area contributed by atoms with Crippen LogP contribution in [0.1, 0.15) is 0 Å². The second-order valence-electron chi connectivity index (χ2n) is 1.45. The lowest BCUT2D eigenvalue weighted by Gasteiger charge is -2.03. The fraction of sp³-hybridized carbons (Fsp3) is 0.250.